The van der Waals surface area contributed by atoms with Crippen molar-refractivity contribution in [2.24, 2.45) is 0 Å². The molecule has 1 unspecified atom stereocenters. The SMILES string of the molecule is Cc1nn2c(c1CNCc1ccc3c(c1)C(=O)N(C1CCC(=O)NC1=O)C3=O)CNCC2. The molecule has 4 amide bonds. The number of fused-ring (bicyclic) bond motifs is 2. The summed E-state index contributed by atoms with van der Waals surface area (Å²) in [5, 5.41) is 13.6. The zero-order chi connectivity index (χ0) is 22.4. The van der Waals surface area contributed by atoms with Gasteiger partial charge < -0.3 is 10.6 Å². The first-order valence-corrected chi connectivity index (χ1v) is 10.7. The van der Waals surface area contributed by atoms with Gasteiger partial charge in [0, 0.05) is 38.2 Å². The molecule has 32 heavy (non-hydrogen) atoms. The molecular formula is C22H24N6O4. The molecule has 5 rings (SSSR count). The Balaban J connectivity index is 1.29. The maximum absolute atomic E-state index is 13.0. The van der Waals surface area contributed by atoms with Crippen molar-refractivity contribution < 1.29 is 19.2 Å². The molecule has 1 fully saturated rings. The highest BCUT2D eigenvalue weighted by atomic mass is 16.2. The lowest BCUT2D eigenvalue weighted by molar-refractivity contribution is -0.136. The number of hydrogen-bond donors (Lipinski definition) is 3. The van der Waals surface area contributed by atoms with E-state index < -0.39 is 23.8 Å². The quantitative estimate of drug-likeness (QED) is 0.563. The number of nitrogens with zero attached hydrogens (tertiary/aromatic N) is 3. The fourth-order valence-corrected chi connectivity index (χ4v) is 4.63. The molecular weight excluding hydrogens is 412 g/mol. The van der Waals surface area contributed by atoms with Gasteiger partial charge in [0.05, 0.1) is 29.1 Å². The standard InChI is InChI=1S/C22H24N6O4/c1-12-16(18-11-23-6-7-27(18)26-12)10-24-9-13-2-3-14-15(8-13)22(32)28(21(14)31)17-4-5-19(29)25-20(17)30/h2-3,8,17,23-24H,4-7,9-11H2,1H3,(H,25,29,30). The smallest absolute Gasteiger partial charge is 0.262 e. The minimum atomic E-state index is -0.952. The number of amides is 4. The summed E-state index contributed by atoms with van der Waals surface area (Å²) in [6.07, 6.45) is 0.251. The van der Waals surface area contributed by atoms with Gasteiger partial charge in [-0.15, -0.1) is 0 Å². The third kappa shape index (κ3) is 3.41. The summed E-state index contributed by atoms with van der Waals surface area (Å²) in [6, 6.07) is 4.20. The Labute approximate surface area is 184 Å². The molecule has 1 saturated heterocycles. The van der Waals surface area contributed by atoms with Crippen LogP contribution in [-0.4, -0.2) is 50.9 Å². The van der Waals surface area contributed by atoms with Crippen LogP contribution in [0.4, 0.5) is 0 Å². The first kappa shape index (κ1) is 20.5. The van der Waals surface area contributed by atoms with Crippen molar-refractivity contribution >= 4 is 23.6 Å². The Morgan fingerprint density at radius 3 is 2.75 bits per heavy atom. The molecule has 166 valence electrons. The average Bonchev–Trinajstić information content (AvgIpc) is 3.22. The van der Waals surface area contributed by atoms with E-state index in [0.29, 0.717) is 18.7 Å². The Morgan fingerprint density at radius 1 is 1.12 bits per heavy atom. The highest BCUT2D eigenvalue weighted by molar-refractivity contribution is 6.23. The second kappa shape index (κ2) is 7.95. The van der Waals surface area contributed by atoms with E-state index in [-0.39, 0.29) is 24.3 Å². The van der Waals surface area contributed by atoms with Crippen LogP contribution in [-0.2, 0) is 35.8 Å². The van der Waals surface area contributed by atoms with Crippen LogP contribution in [0.1, 0.15) is 56.1 Å². The third-order valence-electron chi connectivity index (χ3n) is 6.30. The maximum Gasteiger partial charge on any atom is 0.262 e. The molecule has 10 nitrogen and oxygen atoms in total. The Hall–Kier alpha value is -3.37. The molecule has 1 aromatic heterocycles. The number of piperidine rings is 1. The van der Waals surface area contributed by atoms with Gasteiger partial charge in [-0.1, -0.05) is 6.07 Å². The van der Waals surface area contributed by atoms with E-state index in [1.54, 1.807) is 12.1 Å². The molecule has 0 saturated carbocycles. The summed E-state index contributed by atoms with van der Waals surface area (Å²) < 4.78 is 2.05. The minimum Gasteiger partial charge on any atom is -0.309 e. The van der Waals surface area contributed by atoms with E-state index in [9.17, 15) is 19.2 Å². The van der Waals surface area contributed by atoms with Gasteiger partial charge in [-0.25, -0.2) is 0 Å². The lowest BCUT2D eigenvalue weighted by atomic mass is 10.0. The second-order valence-corrected chi connectivity index (χ2v) is 8.34. The van der Waals surface area contributed by atoms with Gasteiger partial charge in [0.2, 0.25) is 11.8 Å². The van der Waals surface area contributed by atoms with Gasteiger partial charge in [0.25, 0.3) is 11.8 Å². The van der Waals surface area contributed by atoms with Crippen molar-refractivity contribution in [3.8, 4) is 0 Å². The van der Waals surface area contributed by atoms with E-state index in [1.165, 1.54) is 11.3 Å². The topological polar surface area (TPSA) is 125 Å². The number of imide groups is 2. The van der Waals surface area contributed by atoms with Crippen LogP contribution >= 0.6 is 0 Å². The van der Waals surface area contributed by atoms with Crippen LogP contribution in [0.25, 0.3) is 0 Å². The first-order chi connectivity index (χ1) is 15.4. The van der Waals surface area contributed by atoms with Crippen LogP contribution in [0.15, 0.2) is 18.2 Å². The van der Waals surface area contributed by atoms with Gasteiger partial charge in [-0.2, -0.15) is 5.10 Å². The lowest BCUT2D eigenvalue weighted by Crippen LogP contribution is -2.54. The van der Waals surface area contributed by atoms with Gasteiger partial charge in [-0.3, -0.25) is 34.1 Å². The van der Waals surface area contributed by atoms with Crippen LogP contribution in [0, 0.1) is 6.92 Å². The molecule has 1 aromatic carbocycles. The van der Waals surface area contributed by atoms with Crippen LogP contribution < -0.4 is 16.0 Å². The summed E-state index contributed by atoms with van der Waals surface area (Å²) in [6.45, 7) is 5.74. The number of aromatic nitrogens is 2. The average molecular weight is 436 g/mol. The predicted molar refractivity (Wildman–Crippen MR) is 112 cm³/mol. The molecule has 0 aliphatic carbocycles. The van der Waals surface area contributed by atoms with Gasteiger partial charge >= 0.3 is 0 Å². The van der Waals surface area contributed by atoms with E-state index in [0.717, 1.165) is 35.8 Å². The number of hydrogen-bond acceptors (Lipinski definition) is 7. The number of benzene rings is 1. The van der Waals surface area contributed by atoms with E-state index in [1.807, 2.05) is 17.7 Å². The normalized spacial score (nSPS) is 20.4. The maximum atomic E-state index is 13.0. The molecule has 3 aliphatic heterocycles. The monoisotopic (exact) mass is 436 g/mol. The highest BCUT2D eigenvalue weighted by Crippen LogP contribution is 2.28. The largest absolute Gasteiger partial charge is 0.309 e. The summed E-state index contributed by atoms with van der Waals surface area (Å²) in [4.78, 5) is 50.3. The summed E-state index contributed by atoms with van der Waals surface area (Å²) in [5.74, 6) is -1.98. The summed E-state index contributed by atoms with van der Waals surface area (Å²) >= 11 is 0. The molecule has 10 heteroatoms. The number of rotatable bonds is 5. The minimum absolute atomic E-state index is 0.104. The Bertz CT molecular complexity index is 1150. The number of aryl methyl sites for hydroxylation is 1. The van der Waals surface area contributed by atoms with Crippen molar-refractivity contribution in [3.63, 3.8) is 0 Å². The van der Waals surface area contributed by atoms with Gasteiger partial charge in [0.1, 0.15) is 6.04 Å². The molecule has 1 atom stereocenters. The first-order valence-electron chi connectivity index (χ1n) is 10.7. The fraction of sp³-hybridized carbons (Fsp3) is 0.409. The van der Waals surface area contributed by atoms with Gasteiger partial charge in [0.15, 0.2) is 0 Å². The fourth-order valence-electron chi connectivity index (χ4n) is 4.63. The molecule has 0 spiro atoms. The van der Waals surface area contributed by atoms with Crippen molar-refractivity contribution in [1.29, 1.82) is 0 Å². The van der Waals surface area contributed by atoms with Crippen LogP contribution in [0.2, 0.25) is 0 Å². The molecule has 2 aromatic rings. The van der Waals surface area contributed by atoms with Crippen molar-refractivity contribution in [1.82, 2.24) is 30.6 Å². The Morgan fingerprint density at radius 2 is 1.94 bits per heavy atom. The molecule has 4 heterocycles. The molecule has 3 aliphatic rings. The predicted octanol–water partition coefficient (Wildman–Crippen LogP) is -0.0143. The van der Waals surface area contributed by atoms with Crippen molar-refractivity contribution in [3.05, 3.63) is 51.8 Å². The van der Waals surface area contributed by atoms with E-state index in [4.69, 9.17) is 0 Å². The third-order valence-corrected chi connectivity index (χ3v) is 6.30. The zero-order valence-corrected chi connectivity index (χ0v) is 17.7. The number of carbonyl (C=O) groups is 4. The lowest BCUT2D eigenvalue weighted by Gasteiger charge is -2.27. The van der Waals surface area contributed by atoms with Crippen LogP contribution in [0.5, 0.6) is 0 Å². The molecule has 0 radical (unpaired) electrons. The van der Waals surface area contributed by atoms with E-state index >= 15 is 0 Å². The van der Waals surface area contributed by atoms with Crippen molar-refractivity contribution in [2.75, 3.05) is 6.54 Å². The summed E-state index contributed by atoms with van der Waals surface area (Å²) in [7, 11) is 0. The van der Waals surface area contributed by atoms with Crippen LogP contribution in [0.3, 0.4) is 0 Å². The highest BCUT2D eigenvalue weighted by Gasteiger charge is 2.44. The van der Waals surface area contributed by atoms with Crippen molar-refractivity contribution in [2.45, 2.75) is 52.0 Å². The second-order valence-electron chi connectivity index (χ2n) is 8.34. The number of nitrogens with one attached hydrogen (secondary N) is 3. The zero-order valence-electron chi connectivity index (χ0n) is 17.7. The molecule has 0 bridgehead atoms. The molecule has 3 N–H and O–H groups in total. The van der Waals surface area contributed by atoms with Gasteiger partial charge in [-0.05, 0) is 31.0 Å². The number of carbonyl (C=O) groups excluding carboxylic acids is 4. The van der Waals surface area contributed by atoms with E-state index in [2.05, 4.69) is 21.0 Å². The summed E-state index contributed by atoms with van der Waals surface area (Å²) in [5.41, 5.74) is 4.82. The Kier molecular flexibility index (Phi) is 5.10.